The van der Waals surface area contributed by atoms with E-state index in [9.17, 15) is 5.11 Å². The highest BCUT2D eigenvalue weighted by Crippen LogP contribution is 2.31. The molecule has 0 radical (unpaired) electrons. The van der Waals surface area contributed by atoms with Crippen LogP contribution in [0.15, 0.2) is 30.9 Å². The molecular formula is C20H22N6O2. The topological polar surface area (TPSA) is 98.0 Å². The predicted octanol–water partition coefficient (Wildman–Crippen LogP) is 2.32. The van der Waals surface area contributed by atoms with E-state index in [-0.39, 0.29) is 5.75 Å². The van der Waals surface area contributed by atoms with Crippen LogP contribution in [0, 0.1) is 0 Å². The fraction of sp³-hybridized carbons (Fsp3) is 0.400. The van der Waals surface area contributed by atoms with Gasteiger partial charge in [0, 0.05) is 17.8 Å². The maximum atomic E-state index is 9.85. The molecule has 0 aliphatic carbocycles. The molecule has 2 N–H and O–H groups in total. The average Bonchev–Trinajstić information content (AvgIpc) is 3.18. The van der Waals surface area contributed by atoms with Gasteiger partial charge < -0.3 is 19.7 Å². The molecule has 1 fully saturated rings. The first-order chi connectivity index (χ1) is 13.8. The summed E-state index contributed by atoms with van der Waals surface area (Å²) in [6.45, 7) is 3.25. The van der Waals surface area contributed by atoms with Gasteiger partial charge in [0.2, 0.25) is 0 Å². The standard InChI is InChI=1S/C20H22N6O2/c27-16-9-14(10-22-11-16)19-24-17(13-3-7-28-8-4-13)18-20(25-19)26(12-23-18)15-1-5-21-6-2-15/h3,9-12,15,21,27H,1-2,4-8H2. The Labute approximate surface area is 162 Å². The molecule has 0 atom stereocenters. The third-order valence-corrected chi connectivity index (χ3v) is 5.37. The first-order valence-electron chi connectivity index (χ1n) is 9.66. The molecule has 0 aromatic carbocycles. The molecule has 8 heteroatoms. The minimum Gasteiger partial charge on any atom is -0.506 e. The van der Waals surface area contributed by atoms with Crippen molar-refractivity contribution >= 4 is 16.7 Å². The summed E-state index contributed by atoms with van der Waals surface area (Å²) in [6, 6.07) is 2.01. The summed E-state index contributed by atoms with van der Waals surface area (Å²) in [5, 5.41) is 13.3. The lowest BCUT2D eigenvalue weighted by Crippen LogP contribution is -2.29. The third-order valence-electron chi connectivity index (χ3n) is 5.37. The number of hydrogen-bond donors (Lipinski definition) is 2. The third kappa shape index (κ3) is 3.14. The summed E-state index contributed by atoms with van der Waals surface area (Å²) in [5.74, 6) is 0.647. The van der Waals surface area contributed by atoms with Gasteiger partial charge in [0.25, 0.3) is 0 Å². The molecule has 0 unspecified atom stereocenters. The van der Waals surface area contributed by atoms with Crippen LogP contribution in [-0.4, -0.2) is 55.9 Å². The zero-order valence-electron chi connectivity index (χ0n) is 15.5. The first-order valence-corrected chi connectivity index (χ1v) is 9.66. The number of aromatic hydroxyl groups is 1. The molecule has 5 rings (SSSR count). The number of fused-ring (bicyclic) bond motifs is 1. The summed E-state index contributed by atoms with van der Waals surface area (Å²) in [5.41, 5.74) is 4.32. The van der Waals surface area contributed by atoms with Crippen molar-refractivity contribution in [3.05, 3.63) is 36.6 Å². The second-order valence-electron chi connectivity index (χ2n) is 7.19. The summed E-state index contributed by atoms with van der Waals surface area (Å²) >= 11 is 0. The van der Waals surface area contributed by atoms with Gasteiger partial charge in [0.1, 0.15) is 11.3 Å². The van der Waals surface area contributed by atoms with Crippen molar-refractivity contribution in [2.45, 2.75) is 25.3 Å². The van der Waals surface area contributed by atoms with Crippen molar-refractivity contribution in [2.24, 2.45) is 0 Å². The zero-order chi connectivity index (χ0) is 18.9. The summed E-state index contributed by atoms with van der Waals surface area (Å²) in [7, 11) is 0. The maximum absolute atomic E-state index is 9.85. The van der Waals surface area contributed by atoms with E-state index < -0.39 is 0 Å². The molecule has 5 heterocycles. The Morgan fingerprint density at radius 3 is 2.86 bits per heavy atom. The highest BCUT2D eigenvalue weighted by molar-refractivity contribution is 5.87. The van der Waals surface area contributed by atoms with E-state index >= 15 is 0 Å². The molecule has 0 saturated carbocycles. The fourth-order valence-corrected chi connectivity index (χ4v) is 3.91. The highest BCUT2D eigenvalue weighted by atomic mass is 16.5. The fourth-order valence-electron chi connectivity index (χ4n) is 3.91. The normalized spacial score (nSPS) is 18.4. The van der Waals surface area contributed by atoms with Crippen molar-refractivity contribution in [1.29, 1.82) is 0 Å². The molecule has 8 nitrogen and oxygen atoms in total. The Balaban J connectivity index is 1.70. The number of imidazole rings is 1. The molecule has 144 valence electrons. The molecule has 3 aromatic heterocycles. The summed E-state index contributed by atoms with van der Waals surface area (Å²) in [4.78, 5) is 18.4. The van der Waals surface area contributed by atoms with E-state index in [4.69, 9.17) is 19.7 Å². The lowest BCUT2D eigenvalue weighted by atomic mass is 10.1. The Kier molecular flexibility index (Phi) is 4.50. The van der Waals surface area contributed by atoms with Gasteiger partial charge in [-0.2, -0.15) is 0 Å². The lowest BCUT2D eigenvalue weighted by Gasteiger charge is -2.24. The van der Waals surface area contributed by atoms with E-state index in [0.717, 1.165) is 54.8 Å². The number of hydrogen-bond acceptors (Lipinski definition) is 7. The van der Waals surface area contributed by atoms with E-state index in [1.165, 1.54) is 6.20 Å². The van der Waals surface area contributed by atoms with Crippen molar-refractivity contribution in [2.75, 3.05) is 26.3 Å². The van der Waals surface area contributed by atoms with Crippen LogP contribution < -0.4 is 5.32 Å². The molecule has 0 bridgehead atoms. The molecule has 3 aromatic rings. The van der Waals surface area contributed by atoms with Crippen molar-refractivity contribution < 1.29 is 9.84 Å². The Morgan fingerprint density at radius 1 is 1.18 bits per heavy atom. The SMILES string of the molecule is Oc1cncc(-c2nc(C3=CCOCC3)c3ncn(C4CCNCC4)c3n2)c1. The van der Waals surface area contributed by atoms with Crippen LogP contribution in [0.3, 0.4) is 0 Å². The molecule has 2 aliphatic rings. The van der Waals surface area contributed by atoms with Gasteiger partial charge in [-0.25, -0.2) is 15.0 Å². The number of rotatable bonds is 3. The van der Waals surface area contributed by atoms with Gasteiger partial charge in [0.05, 0.1) is 31.4 Å². The van der Waals surface area contributed by atoms with Crippen LogP contribution in [0.2, 0.25) is 0 Å². The number of aromatic nitrogens is 5. The van der Waals surface area contributed by atoms with Gasteiger partial charge in [0.15, 0.2) is 11.5 Å². The van der Waals surface area contributed by atoms with Crippen LogP contribution in [0.1, 0.15) is 31.0 Å². The lowest BCUT2D eigenvalue weighted by molar-refractivity contribution is 0.161. The van der Waals surface area contributed by atoms with Crippen LogP contribution in [0.25, 0.3) is 28.1 Å². The Morgan fingerprint density at radius 2 is 2.07 bits per heavy atom. The van der Waals surface area contributed by atoms with Gasteiger partial charge in [-0.1, -0.05) is 6.08 Å². The predicted molar refractivity (Wildman–Crippen MR) is 105 cm³/mol. The van der Waals surface area contributed by atoms with Gasteiger partial charge in [-0.05, 0) is 44.0 Å². The molecule has 28 heavy (non-hydrogen) atoms. The number of nitrogens with one attached hydrogen (secondary N) is 1. The second-order valence-corrected chi connectivity index (χ2v) is 7.19. The quantitative estimate of drug-likeness (QED) is 0.722. The monoisotopic (exact) mass is 378 g/mol. The van der Waals surface area contributed by atoms with E-state index in [1.54, 1.807) is 12.3 Å². The molecule has 0 spiro atoms. The van der Waals surface area contributed by atoms with Gasteiger partial charge >= 0.3 is 0 Å². The molecular weight excluding hydrogens is 356 g/mol. The molecule has 2 aliphatic heterocycles. The zero-order valence-corrected chi connectivity index (χ0v) is 15.5. The van der Waals surface area contributed by atoms with E-state index in [1.807, 2.05) is 6.33 Å². The highest BCUT2D eigenvalue weighted by Gasteiger charge is 2.23. The van der Waals surface area contributed by atoms with E-state index in [2.05, 4.69) is 20.9 Å². The largest absolute Gasteiger partial charge is 0.506 e. The first kappa shape index (κ1) is 17.3. The van der Waals surface area contributed by atoms with Crippen molar-refractivity contribution in [3.63, 3.8) is 0 Å². The van der Waals surface area contributed by atoms with Crippen molar-refractivity contribution in [3.8, 4) is 17.1 Å². The van der Waals surface area contributed by atoms with Crippen LogP contribution in [0.5, 0.6) is 5.75 Å². The van der Waals surface area contributed by atoms with Gasteiger partial charge in [-0.3, -0.25) is 4.98 Å². The number of ether oxygens (including phenoxy) is 1. The maximum Gasteiger partial charge on any atom is 0.164 e. The van der Waals surface area contributed by atoms with E-state index in [0.29, 0.717) is 30.6 Å². The number of pyridine rings is 1. The minimum atomic E-state index is 0.0971. The minimum absolute atomic E-state index is 0.0971. The number of nitrogens with zero attached hydrogens (tertiary/aromatic N) is 5. The van der Waals surface area contributed by atoms with Crippen LogP contribution in [-0.2, 0) is 4.74 Å². The summed E-state index contributed by atoms with van der Waals surface area (Å²) in [6.07, 6.45) is 9.93. The average molecular weight is 378 g/mol. The molecule has 0 amide bonds. The van der Waals surface area contributed by atoms with Crippen LogP contribution >= 0.6 is 0 Å². The molecule has 1 saturated heterocycles. The van der Waals surface area contributed by atoms with Gasteiger partial charge in [-0.15, -0.1) is 0 Å². The second kappa shape index (κ2) is 7.29. The Hall–Kier alpha value is -2.84. The van der Waals surface area contributed by atoms with Crippen molar-refractivity contribution in [1.82, 2.24) is 29.8 Å². The summed E-state index contributed by atoms with van der Waals surface area (Å²) < 4.78 is 7.65. The number of piperidine rings is 1. The Bertz CT molecular complexity index is 1040. The van der Waals surface area contributed by atoms with Crippen LogP contribution in [0.4, 0.5) is 0 Å². The smallest absolute Gasteiger partial charge is 0.164 e.